The topological polar surface area (TPSA) is 105 Å². The minimum Gasteiger partial charge on any atom is -0.507 e. The zero-order valence-corrected chi connectivity index (χ0v) is 11.8. The van der Waals surface area contributed by atoms with Gasteiger partial charge in [0.15, 0.2) is 0 Å². The van der Waals surface area contributed by atoms with Gasteiger partial charge in [-0.3, -0.25) is 4.79 Å². The van der Waals surface area contributed by atoms with Crippen molar-refractivity contribution in [2.24, 2.45) is 5.73 Å². The second-order valence-corrected chi connectivity index (χ2v) is 4.31. The Bertz CT molecular complexity index is 703. The van der Waals surface area contributed by atoms with Crippen LogP contribution in [0.25, 0.3) is 0 Å². The largest absolute Gasteiger partial charge is 0.507 e. The molecule has 0 heterocycles. The van der Waals surface area contributed by atoms with Crippen LogP contribution in [0.5, 0.6) is 11.5 Å². The number of ether oxygens (including phenoxy) is 1. The summed E-state index contributed by atoms with van der Waals surface area (Å²) in [7, 11) is 1.44. The van der Waals surface area contributed by atoms with Gasteiger partial charge in [0, 0.05) is 0 Å². The normalized spacial score (nSPS) is 9.86. The molecule has 0 fully saturated rings. The monoisotopic (exact) mass is 301 g/mol. The van der Waals surface area contributed by atoms with Crippen molar-refractivity contribution < 1.29 is 19.4 Å². The molecule has 2 aromatic carbocycles. The number of urea groups is 1. The van der Waals surface area contributed by atoms with Crippen molar-refractivity contribution in [1.82, 2.24) is 5.43 Å². The summed E-state index contributed by atoms with van der Waals surface area (Å²) in [6.07, 6.45) is 0. The van der Waals surface area contributed by atoms with Gasteiger partial charge in [0.2, 0.25) is 0 Å². The van der Waals surface area contributed by atoms with Crippen LogP contribution in [0.4, 0.5) is 10.5 Å². The van der Waals surface area contributed by atoms with Gasteiger partial charge in [0.05, 0.1) is 12.7 Å². The summed E-state index contributed by atoms with van der Waals surface area (Å²) in [5.41, 5.74) is 7.66. The third kappa shape index (κ3) is 3.09. The number of aromatic hydroxyl groups is 1. The SMILES string of the molecule is COc1ccccc1N(NC(N)=O)C(=O)c1ccccc1O. The van der Waals surface area contributed by atoms with Crippen LogP contribution in [-0.2, 0) is 0 Å². The van der Waals surface area contributed by atoms with E-state index in [1.54, 1.807) is 36.4 Å². The fourth-order valence-corrected chi connectivity index (χ4v) is 1.92. The fourth-order valence-electron chi connectivity index (χ4n) is 1.92. The highest BCUT2D eigenvalue weighted by Crippen LogP contribution is 2.29. The van der Waals surface area contributed by atoms with Gasteiger partial charge in [-0.15, -0.1) is 0 Å². The number of nitrogens with one attached hydrogen (secondary N) is 1. The van der Waals surface area contributed by atoms with E-state index in [9.17, 15) is 14.7 Å². The average molecular weight is 301 g/mol. The Hall–Kier alpha value is -3.22. The van der Waals surface area contributed by atoms with E-state index in [0.29, 0.717) is 5.75 Å². The van der Waals surface area contributed by atoms with Gasteiger partial charge in [-0.1, -0.05) is 24.3 Å². The highest BCUT2D eigenvalue weighted by atomic mass is 16.5. The predicted molar refractivity (Wildman–Crippen MR) is 80.6 cm³/mol. The predicted octanol–water partition coefficient (Wildman–Crippen LogP) is 1.63. The Labute approximate surface area is 126 Å². The molecule has 0 unspecified atom stereocenters. The molecule has 0 aliphatic rings. The lowest BCUT2D eigenvalue weighted by Crippen LogP contribution is -2.49. The molecule has 0 radical (unpaired) electrons. The number of nitrogens with zero attached hydrogens (tertiary/aromatic N) is 1. The Balaban J connectivity index is 2.49. The third-order valence-electron chi connectivity index (χ3n) is 2.89. The Kier molecular flexibility index (Phi) is 4.47. The van der Waals surface area contributed by atoms with Crippen molar-refractivity contribution in [2.45, 2.75) is 0 Å². The number of phenolic OH excluding ortho intramolecular Hbond substituents is 1. The number of primary amides is 1. The van der Waals surface area contributed by atoms with Crippen molar-refractivity contribution in [3.8, 4) is 11.5 Å². The van der Waals surface area contributed by atoms with Gasteiger partial charge in [-0.2, -0.15) is 0 Å². The third-order valence-corrected chi connectivity index (χ3v) is 2.89. The average Bonchev–Trinajstić information content (AvgIpc) is 2.52. The Morgan fingerprint density at radius 2 is 1.77 bits per heavy atom. The Morgan fingerprint density at radius 1 is 1.14 bits per heavy atom. The molecule has 2 aromatic rings. The minimum atomic E-state index is -0.922. The maximum absolute atomic E-state index is 12.6. The second kappa shape index (κ2) is 6.49. The second-order valence-electron chi connectivity index (χ2n) is 4.31. The molecule has 2 rings (SSSR count). The summed E-state index contributed by atoms with van der Waals surface area (Å²) in [6, 6.07) is 11.7. The Morgan fingerprint density at radius 3 is 2.41 bits per heavy atom. The molecule has 0 spiro atoms. The van der Waals surface area contributed by atoms with Crippen LogP contribution in [0, 0.1) is 0 Å². The lowest BCUT2D eigenvalue weighted by Gasteiger charge is -2.24. The van der Waals surface area contributed by atoms with Crippen molar-refractivity contribution in [3.05, 3.63) is 54.1 Å². The van der Waals surface area contributed by atoms with Crippen molar-refractivity contribution in [3.63, 3.8) is 0 Å². The summed E-state index contributed by atoms with van der Waals surface area (Å²) < 4.78 is 5.18. The minimum absolute atomic E-state index is 0.0159. The number of carbonyl (C=O) groups is 2. The van der Waals surface area contributed by atoms with Gasteiger partial charge >= 0.3 is 6.03 Å². The molecule has 3 amide bonds. The smallest absolute Gasteiger partial charge is 0.331 e. The zero-order chi connectivity index (χ0) is 16.1. The maximum atomic E-state index is 12.6. The van der Waals surface area contributed by atoms with E-state index < -0.39 is 11.9 Å². The molecule has 0 bridgehead atoms. The number of carbonyl (C=O) groups excluding carboxylic acids is 2. The summed E-state index contributed by atoms with van der Waals surface area (Å²) in [5, 5.41) is 10.7. The number of hydrogen-bond acceptors (Lipinski definition) is 4. The van der Waals surface area contributed by atoms with Crippen molar-refractivity contribution >= 4 is 17.6 Å². The fraction of sp³-hybridized carbons (Fsp3) is 0.0667. The van der Waals surface area contributed by atoms with E-state index >= 15 is 0 Å². The van der Waals surface area contributed by atoms with Crippen LogP contribution in [0.3, 0.4) is 0 Å². The van der Waals surface area contributed by atoms with Gasteiger partial charge in [-0.25, -0.2) is 15.2 Å². The van der Waals surface area contributed by atoms with Crippen LogP contribution in [0.15, 0.2) is 48.5 Å². The highest BCUT2D eigenvalue weighted by molar-refractivity contribution is 6.09. The lowest BCUT2D eigenvalue weighted by molar-refractivity contribution is 0.0973. The quantitative estimate of drug-likeness (QED) is 0.749. The number of methoxy groups -OCH3 is 1. The van der Waals surface area contributed by atoms with Crippen LogP contribution < -0.4 is 20.9 Å². The highest BCUT2D eigenvalue weighted by Gasteiger charge is 2.24. The molecular weight excluding hydrogens is 286 g/mol. The molecular formula is C15H15N3O4. The number of nitrogens with two attached hydrogens (primary N) is 1. The molecule has 0 saturated heterocycles. The number of hydrogen-bond donors (Lipinski definition) is 3. The zero-order valence-electron chi connectivity index (χ0n) is 11.8. The number of anilines is 1. The number of benzene rings is 2. The van der Waals surface area contributed by atoms with E-state index in [1.807, 2.05) is 0 Å². The summed E-state index contributed by atoms with van der Waals surface area (Å²) in [4.78, 5) is 23.8. The van der Waals surface area contributed by atoms with Gasteiger partial charge < -0.3 is 15.6 Å². The lowest BCUT2D eigenvalue weighted by atomic mass is 10.1. The molecule has 22 heavy (non-hydrogen) atoms. The molecule has 0 atom stereocenters. The molecule has 4 N–H and O–H groups in total. The first-order chi connectivity index (χ1) is 10.5. The van der Waals surface area contributed by atoms with E-state index in [0.717, 1.165) is 5.01 Å². The molecule has 0 aromatic heterocycles. The standard InChI is InChI=1S/C15H15N3O4/c1-22-13-9-5-3-7-11(13)18(17-15(16)21)14(20)10-6-2-4-8-12(10)19/h2-9,19H,1H3,(H3,16,17,21). The van der Waals surface area contributed by atoms with Crippen LogP contribution in [0.1, 0.15) is 10.4 Å². The van der Waals surface area contributed by atoms with E-state index in [4.69, 9.17) is 10.5 Å². The summed E-state index contributed by atoms with van der Waals surface area (Å²) >= 11 is 0. The van der Waals surface area contributed by atoms with Crippen molar-refractivity contribution in [1.29, 1.82) is 0 Å². The first-order valence-corrected chi connectivity index (χ1v) is 6.36. The molecule has 7 nitrogen and oxygen atoms in total. The molecule has 114 valence electrons. The first-order valence-electron chi connectivity index (χ1n) is 6.36. The van der Waals surface area contributed by atoms with Crippen LogP contribution >= 0.6 is 0 Å². The number of rotatable bonds is 3. The summed E-state index contributed by atoms with van der Waals surface area (Å²) in [6.45, 7) is 0. The van der Waals surface area contributed by atoms with Crippen molar-refractivity contribution in [2.75, 3.05) is 12.1 Å². The first kappa shape index (κ1) is 15.2. The molecule has 7 heteroatoms. The van der Waals surface area contributed by atoms with Crippen LogP contribution in [-0.4, -0.2) is 24.2 Å². The van der Waals surface area contributed by atoms with Crippen LogP contribution in [0.2, 0.25) is 0 Å². The van der Waals surface area contributed by atoms with E-state index in [1.165, 1.54) is 19.2 Å². The van der Waals surface area contributed by atoms with Gasteiger partial charge in [0.25, 0.3) is 5.91 Å². The maximum Gasteiger partial charge on any atom is 0.331 e. The number of amides is 3. The summed E-state index contributed by atoms with van der Waals surface area (Å²) in [5.74, 6) is -0.500. The van der Waals surface area contributed by atoms with E-state index in [2.05, 4.69) is 5.43 Å². The molecule has 0 saturated carbocycles. The molecule has 0 aliphatic carbocycles. The van der Waals surface area contributed by atoms with E-state index in [-0.39, 0.29) is 17.0 Å². The number of phenols is 1. The van der Waals surface area contributed by atoms with Gasteiger partial charge in [0.1, 0.15) is 17.2 Å². The number of para-hydroxylation sites is 3. The van der Waals surface area contributed by atoms with Gasteiger partial charge in [-0.05, 0) is 24.3 Å². The number of hydrazine groups is 1. The molecule has 0 aliphatic heterocycles.